The molecular weight excluding hydrogens is 239 g/mol. The lowest BCUT2D eigenvalue weighted by atomic mass is 10.1. The van der Waals surface area contributed by atoms with Crippen molar-refractivity contribution in [3.8, 4) is 0 Å². The Hall–Kier alpha value is -1.61. The van der Waals surface area contributed by atoms with Crippen molar-refractivity contribution in [1.29, 1.82) is 0 Å². The number of halogens is 2. The van der Waals surface area contributed by atoms with Crippen molar-refractivity contribution in [2.45, 2.75) is 13.0 Å². The SMILES string of the molecule is CC(Nc1ccc(Cl)c(F)c1)c1cccnc1. The lowest BCUT2D eigenvalue weighted by molar-refractivity contribution is 0.628. The van der Waals surface area contributed by atoms with Crippen LogP contribution in [0.25, 0.3) is 0 Å². The van der Waals surface area contributed by atoms with Gasteiger partial charge in [0.1, 0.15) is 5.82 Å². The number of nitrogens with one attached hydrogen (secondary N) is 1. The third-order valence-corrected chi connectivity index (χ3v) is 2.79. The van der Waals surface area contributed by atoms with Crippen molar-refractivity contribution in [1.82, 2.24) is 4.98 Å². The maximum atomic E-state index is 13.2. The molecule has 0 aliphatic heterocycles. The summed E-state index contributed by atoms with van der Waals surface area (Å²) in [4.78, 5) is 4.04. The van der Waals surface area contributed by atoms with Gasteiger partial charge < -0.3 is 5.32 Å². The van der Waals surface area contributed by atoms with Gasteiger partial charge in [0.2, 0.25) is 0 Å². The normalized spacial score (nSPS) is 12.2. The first-order valence-corrected chi connectivity index (χ1v) is 5.66. The first kappa shape index (κ1) is 11.9. The van der Waals surface area contributed by atoms with E-state index < -0.39 is 5.82 Å². The summed E-state index contributed by atoms with van der Waals surface area (Å²) in [6.07, 6.45) is 3.50. The summed E-state index contributed by atoms with van der Waals surface area (Å²) in [6.45, 7) is 1.99. The van der Waals surface area contributed by atoms with Crippen LogP contribution in [0, 0.1) is 5.82 Å². The fourth-order valence-electron chi connectivity index (χ4n) is 1.55. The molecular formula is C13H12ClFN2. The number of rotatable bonds is 3. The van der Waals surface area contributed by atoms with Gasteiger partial charge in [-0.15, -0.1) is 0 Å². The first-order valence-electron chi connectivity index (χ1n) is 5.28. The number of anilines is 1. The Morgan fingerprint density at radius 1 is 1.35 bits per heavy atom. The molecule has 88 valence electrons. The molecule has 2 nitrogen and oxygen atoms in total. The summed E-state index contributed by atoms with van der Waals surface area (Å²) in [5, 5.41) is 3.32. The zero-order chi connectivity index (χ0) is 12.3. The van der Waals surface area contributed by atoms with Crippen LogP contribution in [0.4, 0.5) is 10.1 Å². The second-order valence-corrected chi connectivity index (χ2v) is 4.19. The van der Waals surface area contributed by atoms with Crippen molar-refractivity contribution in [2.24, 2.45) is 0 Å². The summed E-state index contributed by atoms with van der Waals surface area (Å²) >= 11 is 5.62. The van der Waals surface area contributed by atoms with E-state index in [1.165, 1.54) is 12.1 Å². The monoisotopic (exact) mass is 250 g/mol. The van der Waals surface area contributed by atoms with Crippen LogP contribution in [-0.2, 0) is 0 Å². The molecule has 0 radical (unpaired) electrons. The highest BCUT2D eigenvalue weighted by atomic mass is 35.5. The van der Waals surface area contributed by atoms with Gasteiger partial charge in [-0.25, -0.2) is 4.39 Å². The van der Waals surface area contributed by atoms with Crippen LogP contribution in [-0.4, -0.2) is 4.98 Å². The fraction of sp³-hybridized carbons (Fsp3) is 0.154. The van der Waals surface area contributed by atoms with E-state index in [2.05, 4.69) is 10.3 Å². The number of nitrogens with zero attached hydrogens (tertiary/aromatic N) is 1. The quantitative estimate of drug-likeness (QED) is 0.889. The maximum Gasteiger partial charge on any atom is 0.143 e. The van der Waals surface area contributed by atoms with Gasteiger partial charge in [-0.3, -0.25) is 4.98 Å². The highest BCUT2D eigenvalue weighted by Gasteiger charge is 2.06. The van der Waals surface area contributed by atoms with Gasteiger partial charge in [0.15, 0.2) is 0 Å². The molecule has 1 aromatic carbocycles. The molecule has 1 atom stereocenters. The number of hydrogen-bond donors (Lipinski definition) is 1. The minimum atomic E-state index is -0.421. The van der Waals surface area contributed by atoms with Gasteiger partial charge in [-0.05, 0) is 36.8 Å². The average molecular weight is 251 g/mol. The zero-order valence-electron chi connectivity index (χ0n) is 9.32. The van der Waals surface area contributed by atoms with Crippen molar-refractivity contribution in [3.05, 3.63) is 59.1 Å². The van der Waals surface area contributed by atoms with Crippen molar-refractivity contribution in [3.63, 3.8) is 0 Å². The third kappa shape index (κ3) is 2.94. The molecule has 0 spiro atoms. The lowest BCUT2D eigenvalue weighted by Gasteiger charge is -2.15. The minimum Gasteiger partial charge on any atom is -0.378 e. The van der Waals surface area contributed by atoms with Crippen LogP contribution in [0.15, 0.2) is 42.7 Å². The maximum absolute atomic E-state index is 13.2. The van der Waals surface area contributed by atoms with E-state index in [1.54, 1.807) is 18.5 Å². The molecule has 4 heteroatoms. The summed E-state index contributed by atoms with van der Waals surface area (Å²) in [5.41, 5.74) is 1.74. The second kappa shape index (κ2) is 5.15. The zero-order valence-corrected chi connectivity index (χ0v) is 10.1. The average Bonchev–Trinajstić information content (AvgIpc) is 2.35. The van der Waals surface area contributed by atoms with Gasteiger partial charge in [0.05, 0.1) is 11.1 Å². The predicted molar refractivity (Wildman–Crippen MR) is 67.7 cm³/mol. The van der Waals surface area contributed by atoms with Crippen LogP contribution in [0.3, 0.4) is 0 Å². The summed E-state index contributed by atoms with van der Waals surface area (Å²) < 4.78 is 13.2. The molecule has 0 fully saturated rings. The van der Waals surface area contributed by atoms with E-state index >= 15 is 0 Å². The van der Waals surface area contributed by atoms with Crippen LogP contribution >= 0.6 is 11.6 Å². The van der Waals surface area contributed by atoms with Crippen LogP contribution in [0.1, 0.15) is 18.5 Å². The summed E-state index contributed by atoms with van der Waals surface area (Å²) in [7, 11) is 0. The van der Waals surface area contributed by atoms with Gasteiger partial charge in [0, 0.05) is 18.1 Å². The molecule has 1 aromatic heterocycles. The Labute approximate surface area is 104 Å². The van der Waals surface area contributed by atoms with Crippen LogP contribution < -0.4 is 5.32 Å². The van der Waals surface area contributed by atoms with Crippen LogP contribution in [0.2, 0.25) is 5.02 Å². The van der Waals surface area contributed by atoms with Crippen molar-refractivity contribution < 1.29 is 4.39 Å². The van der Waals surface area contributed by atoms with Gasteiger partial charge >= 0.3 is 0 Å². The van der Waals surface area contributed by atoms with E-state index in [0.29, 0.717) is 5.69 Å². The van der Waals surface area contributed by atoms with Crippen molar-refractivity contribution in [2.75, 3.05) is 5.32 Å². The highest BCUT2D eigenvalue weighted by molar-refractivity contribution is 6.30. The highest BCUT2D eigenvalue weighted by Crippen LogP contribution is 2.22. The molecule has 2 rings (SSSR count). The number of benzene rings is 1. The largest absolute Gasteiger partial charge is 0.378 e. The second-order valence-electron chi connectivity index (χ2n) is 3.78. The van der Waals surface area contributed by atoms with Gasteiger partial charge in [-0.1, -0.05) is 17.7 Å². The van der Waals surface area contributed by atoms with E-state index in [-0.39, 0.29) is 11.1 Å². The Morgan fingerprint density at radius 2 is 2.18 bits per heavy atom. The molecule has 0 aliphatic rings. The molecule has 17 heavy (non-hydrogen) atoms. The minimum absolute atomic E-state index is 0.0595. The third-order valence-electron chi connectivity index (χ3n) is 2.49. The topological polar surface area (TPSA) is 24.9 Å². The summed E-state index contributed by atoms with van der Waals surface area (Å²) in [5.74, 6) is -0.421. The van der Waals surface area contributed by atoms with E-state index in [0.717, 1.165) is 5.56 Å². The molecule has 1 unspecified atom stereocenters. The molecule has 0 aliphatic carbocycles. The van der Waals surface area contributed by atoms with E-state index in [9.17, 15) is 4.39 Å². The molecule has 0 saturated carbocycles. The lowest BCUT2D eigenvalue weighted by Crippen LogP contribution is -2.06. The molecule has 1 N–H and O–H groups in total. The summed E-state index contributed by atoms with van der Waals surface area (Å²) in [6, 6.07) is 8.57. The number of pyridine rings is 1. The van der Waals surface area contributed by atoms with Crippen LogP contribution in [0.5, 0.6) is 0 Å². The Morgan fingerprint density at radius 3 is 2.82 bits per heavy atom. The first-order chi connectivity index (χ1) is 8.16. The molecule has 0 saturated heterocycles. The molecule has 2 aromatic rings. The van der Waals surface area contributed by atoms with Crippen molar-refractivity contribution >= 4 is 17.3 Å². The standard InChI is InChI=1S/C13H12ClFN2/c1-9(10-3-2-6-16-8-10)17-11-4-5-12(14)13(15)7-11/h2-9,17H,1H3. The molecule has 1 heterocycles. The van der Waals surface area contributed by atoms with E-state index in [1.807, 2.05) is 19.1 Å². The number of hydrogen-bond acceptors (Lipinski definition) is 2. The molecule has 0 bridgehead atoms. The predicted octanol–water partition coefficient (Wildman–Crippen LogP) is 4.05. The Bertz CT molecular complexity index is 502. The van der Waals surface area contributed by atoms with Gasteiger partial charge in [-0.2, -0.15) is 0 Å². The fourth-order valence-corrected chi connectivity index (χ4v) is 1.67. The Kier molecular flexibility index (Phi) is 3.59. The number of aromatic nitrogens is 1. The van der Waals surface area contributed by atoms with Gasteiger partial charge in [0.25, 0.3) is 0 Å². The Balaban J connectivity index is 2.13. The molecule has 0 amide bonds. The smallest absolute Gasteiger partial charge is 0.143 e. The van der Waals surface area contributed by atoms with E-state index in [4.69, 9.17) is 11.6 Å².